The van der Waals surface area contributed by atoms with Gasteiger partial charge in [-0.05, 0) is 55.4 Å². The van der Waals surface area contributed by atoms with E-state index in [0.29, 0.717) is 0 Å². The highest BCUT2D eigenvalue weighted by Gasteiger charge is 2.61. The fraction of sp³-hybridized carbons (Fsp3) is 0.476. The maximum Gasteiger partial charge on any atom is 0.224 e. The minimum atomic E-state index is 0.125. The van der Waals surface area contributed by atoms with Crippen molar-refractivity contribution in [3.63, 3.8) is 0 Å². The summed E-state index contributed by atoms with van der Waals surface area (Å²) in [6.45, 7) is 1.80. The number of carbonyl (C=O) groups excluding carboxylic acids is 1. The summed E-state index contributed by atoms with van der Waals surface area (Å²) >= 11 is 0. The SMILES string of the molecule is O=C(NC1CCCN(c2cccnn2)C1)C1CC12CCc1ccccc12. The van der Waals surface area contributed by atoms with Crippen LogP contribution in [0.15, 0.2) is 42.6 Å². The van der Waals surface area contributed by atoms with Crippen LogP contribution in [0.5, 0.6) is 0 Å². The number of aromatic nitrogens is 2. The zero-order chi connectivity index (χ0) is 17.6. The second kappa shape index (κ2) is 6.08. The van der Waals surface area contributed by atoms with Crippen molar-refractivity contribution in [3.05, 3.63) is 53.7 Å². The molecule has 134 valence electrons. The molecule has 1 aliphatic heterocycles. The van der Waals surface area contributed by atoms with Gasteiger partial charge in [0.15, 0.2) is 5.82 Å². The molecule has 5 heteroatoms. The number of hydrogen-bond acceptors (Lipinski definition) is 4. The summed E-state index contributed by atoms with van der Waals surface area (Å²) < 4.78 is 0. The second-order valence-electron chi connectivity index (χ2n) is 7.95. The van der Waals surface area contributed by atoms with Gasteiger partial charge in [0.1, 0.15) is 0 Å². The number of amides is 1. The number of nitrogens with zero attached hydrogens (tertiary/aromatic N) is 3. The number of piperidine rings is 1. The summed E-state index contributed by atoms with van der Waals surface area (Å²) in [7, 11) is 0. The molecule has 26 heavy (non-hydrogen) atoms. The highest BCUT2D eigenvalue weighted by atomic mass is 16.2. The fourth-order valence-electron chi connectivity index (χ4n) is 5.01. The van der Waals surface area contributed by atoms with Gasteiger partial charge >= 0.3 is 0 Å². The monoisotopic (exact) mass is 348 g/mol. The first kappa shape index (κ1) is 15.8. The molecule has 3 atom stereocenters. The smallest absolute Gasteiger partial charge is 0.224 e. The van der Waals surface area contributed by atoms with Gasteiger partial charge in [-0.25, -0.2) is 0 Å². The molecule has 5 nitrogen and oxygen atoms in total. The van der Waals surface area contributed by atoms with Crippen LogP contribution in [0.4, 0.5) is 5.82 Å². The lowest BCUT2D eigenvalue weighted by Gasteiger charge is -2.33. The lowest BCUT2D eigenvalue weighted by molar-refractivity contribution is -0.123. The minimum absolute atomic E-state index is 0.125. The first-order valence-corrected chi connectivity index (χ1v) is 9.68. The van der Waals surface area contributed by atoms with E-state index in [9.17, 15) is 4.79 Å². The molecule has 2 aliphatic carbocycles. The van der Waals surface area contributed by atoms with Gasteiger partial charge < -0.3 is 10.2 Å². The number of rotatable bonds is 3. The third-order valence-corrected chi connectivity index (χ3v) is 6.44. The molecule has 5 rings (SSSR count). The van der Waals surface area contributed by atoms with Crippen molar-refractivity contribution in [2.45, 2.75) is 43.6 Å². The van der Waals surface area contributed by atoms with E-state index < -0.39 is 0 Å². The van der Waals surface area contributed by atoms with Crippen LogP contribution in [-0.4, -0.2) is 35.2 Å². The maximum atomic E-state index is 12.9. The highest BCUT2D eigenvalue weighted by Crippen LogP contribution is 2.61. The van der Waals surface area contributed by atoms with E-state index in [1.165, 1.54) is 11.1 Å². The normalized spacial score (nSPS) is 29.5. The Bertz CT molecular complexity index is 824. The number of benzene rings is 1. The quantitative estimate of drug-likeness (QED) is 0.926. The molecule has 1 spiro atoms. The van der Waals surface area contributed by atoms with Crippen molar-refractivity contribution < 1.29 is 4.79 Å². The predicted molar refractivity (Wildman–Crippen MR) is 100.0 cm³/mol. The van der Waals surface area contributed by atoms with Gasteiger partial charge in [0.25, 0.3) is 0 Å². The molecular weight excluding hydrogens is 324 g/mol. The van der Waals surface area contributed by atoms with E-state index in [0.717, 1.165) is 51.0 Å². The molecule has 2 aromatic rings. The number of anilines is 1. The van der Waals surface area contributed by atoms with Crippen LogP contribution in [0.25, 0.3) is 0 Å². The largest absolute Gasteiger partial charge is 0.353 e. The second-order valence-corrected chi connectivity index (χ2v) is 7.95. The zero-order valence-corrected chi connectivity index (χ0v) is 14.9. The molecule has 1 saturated carbocycles. The summed E-state index contributed by atoms with van der Waals surface area (Å²) in [5.41, 5.74) is 2.99. The third kappa shape index (κ3) is 2.57. The van der Waals surface area contributed by atoms with Crippen LogP contribution in [-0.2, 0) is 16.6 Å². The molecule has 3 unspecified atom stereocenters. The number of aryl methyl sites for hydroxylation is 1. The Kier molecular flexibility index (Phi) is 3.69. The summed E-state index contributed by atoms with van der Waals surface area (Å²) in [4.78, 5) is 15.2. The van der Waals surface area contributed by atoms with Gasteiger partial charge in [0.05, 0.1) is 0 Å². The first-order valence-electron chi connectivity index (χ1n) is 9.68. The predicted octanol–water partition coefficient (Wildman–Crippen LogP) is 2.47. The molecule has 0 radical (unpaired) electrons. The van der Waals surface area contributed by atoms with E-state index >= 15 is 0 Å². The standard InChI is InChI=1S/C21H24N4O/c26-20(18-13-21(18)10-9-15-5-1-2-7-17(15)21)23-16-6-4-12-25(14-16)19-8-3-11-22-24-19/h1-3,5,7-8,11,16,18H,4,6,9-10,12-14H2,(H,23,26). The summed E-state index contributed by atoms with van der Waals surface area (Å²) in [5, 5.41) is 11.5. The van der Waals surface area contributed by atoms with E-state index in [1.54, 1.807) is 6.20 Å². The minimum Gasteiger partial charge on any atom is -0.353 e. The van der Waals surface area contributed by atoms with Crippen molar-refractivity contribution in [1.82, 2.24) is 15.5 Å². The van der Waals surface area contributed by atoms with Crippen molar-refractivity contribution >= 4 is 11.7 Å². The molecule has 1 saturated heterocycles. The maximum absolute atomic E-state index is 12.9. The Morgan fingerprint density at radius 1 is 1.23 bits per heavy atom. The molecule has 1 aromatic heterocycles. The molecule has 1 aromatic carbocycles. The van der Waals surface area contributed by atoms with Crippen LogP contribution in [0.2, 0.25) is 0 Å². The van der Waals surface area contributed by atoms with Crippen LogP contribution in [0.3, 0.4) is 0 Å². The number of hydrogen-bond donors (Lipinski definition) is 1. The van der Waals surface area contributed by atoms with Gasteiger partial charge in [-0.1, -0.05) is 24.3 Å². The number of nitrogens with one attached hydrogen (secondary N) is 1. The Balaban J connectivity index is 1.24. The zero-order valence-electron chi connectivity index (χ0n) is 14.9. The van der Waals surface area contributed by atoms with Gasteiger partial charge in [0, 0.05) is 36.7 Å². The average molecular weight is 348 g/mol. The third-order valence-electron chi connectivity index (χ3n) is 6.44. The molecular formula is C21H24N4O. The van der Waals surface area contributed by atoms with E-state index in [2.05, 4.69) is 44.7 Å². The van der Waals surface area contributed by atoms with Crippen molar-refractivity contribution in [2.75, 3.05) is 18.0 Å². The summed E-state index contributed by atoms with van der Waals surface area (Å²) in [5.74, 6) is 1.30. The number of fused-ring (bicyclic) bond motifs is 2. The topological polar surface area (TPSA) is 58.1 Å². The molecule has 1 N–H and O–H groups in total. The van der Waals surface area contributed by atoms with Crippen molar-refractivity contribution in [3.8, 4) is 0 Å². The number of carbonyl (C=O) groups is 1. The van der Waals surface area contributed by atoms with E-state index in [4.69, 9.17) is 0 Å². The average Bonchev–Trinajstić information content (AvgIpc) is 3.32. The van der Waals surface area contributed by atoms with Gasteiger partial charge in [-0.2, -0.15) is 5.10 Å². The van der Waals surface area contributed by atoms with Gasteiger partial charge in [-0.3, -0.25) is 4.79 Å². The van der Waals surface area contributed by atoms with Crippen LogP contribution in [0.1, 0.15) is 36.8 Å². The van der Waals surface area contributed by atoms with E-state index in [-0.39, 0.29) is 23.3 Å². The summed E-state index contributed by atoms with van der Waals surface area (Å²) in [6.07, 6.45) is 7.05. The lowest BCUT2D eigenvalue weighted by atomic mass is 9.95. The molecule has 1 amide bonds. The van der Waals surface area contributed by atoms with Crippen molar-refractivity contribution in [2.24, 2.45) is 5.92 Å². The Hall–Kier alpha value is -2.43. The fourth-order valence-corrected chi connectivity index (χ4v) is 5.01. The Labute approximate surface area is 153 Å². The molecule has 2 fully saturated rings. The molecule has 2 heterocycles. The molecule has 3 aliphatic rings. The van der Waals surface area contributed by atoms with Gasteiger partial charge in [0.2, 0.25) is 5.91 Å². The van der Waals surface area contributed by atoms with Crippen molar-refractivity contribution in [1.29, 1.82) is 0 Å². The highest BCUT2D eigenvalue weighted by molar-refractivity contribution is 5.85. The van der Waals surface area contributed by atoms with Gasteiger partial charge in [-0.15, -0.1) is 5.10 Å². The molecule has 0 bridgehead atoms. The lowest BCUT2D eigenvalue weighted by Crippen LogP contribution is -2.48. The van der Waals surface area contributed by atoms with Crippen LogP contribution in [0, 0.1) is 5.92 Å². The van der Waals surface area contributed by atoms with E-state index in [1.807, 2.05) is 12.1 Å². The first-order chi connectivity index (χ1) is 12.8. The van der Waals surface area contributed by atoms with Crippen LogP contribution < -0.4 is 10.2 Å². The Morgan fingerprint density at radius 2 is 2.15 bits per heavy atom. The Morgan fingerprint density at radius 3 is 3.04 bits per heavy atom. The van der Waals surface area contributed by atoms with Crippen LogP contribution >= 0.6 is 0 Å². The summed E-state index contributed by atoms with van der Waals surface area (Å²) in [6, 6.07) is 12.8.